The third-order valence-electron chi connectivity index (χ3n) is 5.97. The Morgan fingerprint density at radius 3 is 2.49 bits per heavy atom. The number of halogens is 2. The molecule has 1 heterocycles. The van der Waals surface area contributed by atoms with Crippen LogP contribution in [0.3, 0.4) is 0 Å². The van der Waals surface area contributed by atoms with E-state index < -0.39 is 11.6 Å². The lowest BCUT2D eigenvalue weighted by Crippen LogP contribution is -2.41. The molecule has 0 radical (unpaired) electrons. The highest BCUT2D eigenvalue weighted by molar-refractivity contribution is 5.96. The predicted octanol–water partition coefficient (Wildman–Crippen LogP) is 4.46. The van der Waals surface area contributed by atoms with Gasteiger partial charge in [0.2, 0.25) is 11.8 Å². The smallest absolute Gasteiger partial charge is 0.257 e. The number of carbonyl (C=O) groups excluding carboxylic acids is 2. The van der Waals surface area contributed by atoms with Crippen molar-refractivity contribution in [2.24, 2.45) is 5.92 Å². The number of nitrogens with one attached hydrogen (secondary N) is 2. The van der Waals surface area contributed by atoms with E-state index in [0.717, 1.165) is 6.07 Å². The molecule has 0 bridgehead atoms. The van der Waals surface area contributed by atoms with Crippen LogP contribution in [0.1, 0.15) is 41.6 Å². The van der Waals surface area contributed by atoms with E-state index in [9.17, 15) is 23.5 Å². The standard InChI is InChI=1S/C26H25F2N3O4/c27-18-6-11-21(12-7-18)35-26-22(2-1-13-29-26)25(34)31-19-8-3-16(4-9-19)24(33)30-15-17-5-10-20(32)14-23(17)28/h1-2,5-7,10-14,16,19,32H,3-4,8-9,15H2,(H,30,33)(H,31,34). The number of hydrogen-bond donors (Lipinski definition) is 3. The van der Waals surface area contributed by atoms with Gasteiger partial charge in [-0.25, -0.2) is 13.8 Å². The fraction of sp³-hybridized carbons (Fsp3) is 0.269. The van der Waals surface area contributed by atoms with Crippen LogP contribution in [0, 0.1) is 17.6 Å². The highest BCUT2D eigenvalue weighted by Crippen LogP contribution is 2.27. The fourth-order valence-corrected chi connectivity index (χ4v) is 4.03. The van der Waals surface area contributed by atoms with Gasteiger partial charge in [0, 0.05) is 36.3 Å². The van der Waals surface area contributed by atoms with Crippen molar-refractivity contribution in [3.63, 3.8) is 0 Å². The van der Waals surface area contributed by atoms with Gasteiger partial charge < -0.3 is 20.5 Å². The zero-order chi connectivity index (χ0) is 24.8. The third kappa shape index (κ3) is 6.32. The Labute approximate surface area is 201 Å². The van der Waals surface area contributed by atoms with Crippen molar-refractivity contribution in [3.05, 3.63) is 83.6 Å². The van der Waals surface area contributed by atoms with Crippen LogP contribution >= 0.6 is 0 Å². The minimum atomic E-state index is -0.574. The zero-order valence-electron chi connectivity index (χ0n) is 18.8. The van der Waals surface area contributed by atoms with E-state index in [1.165, 1.54) is 42.6 Å². The second kappa shape index (κ2) is 10.9. The van der Waals surface area contributed by atoms with Crippen LogP contribution in [0.4, 0.5) is 8.78 Å². The van der Waals surface area contributed by atoms with Crippen molar-refractivity contribution in [2.45, 2.75) is 38.3 Å². The molecule has 0 spiro atoms. The zero-order valence-corrected chi connectivity index (χ0v) is 18.8. The van der Waals surface area contributed by atoms with Gasteiger partial charge >= 0.3 is 0 Å². The van der Waals surface area contributed by atoms with Crippen LogP contribution in [-0.2, 0) is 11.3 Å². The summed E-state index contributed by atoms with van der Waals surface area (Å²) >= 11 is 0. The Bertz CT molecular complexity index is 1200. The van der Waals surface area contributed by atoms with Crippen LogP contribution in [0.15, 0.2) is 60.8 Å². The number of rotatable bonds is 7. The number of phenolic OH excluding ortho intramolecular Hbond substituents is 1. The van der Waals surface area contributed by atoms with Crippen molar-refractivity contribution in [2.75, 3.05) is 0 Å². The summed E-state index contributed by atoms with van der Waals surface area (Å²) < 4.78 is 32.6. The SMILES string of the molecule is O=C(NC1CCC(C(=O)NCc2ccc(O)cc2F)CC1)c1cccnc1Oc1ccc(F)cc1. The lowest BCUT2D eigenvalue weighted by Gasteiger charge is -2.28. The van der Waals surface area contributed by atoms with Crippen LogP contribution in [0.2, 0.25) is 0 Å². The van der Waals surface area contributed by atoms with Crippen molar-refractivity contribution in [1.29, 1.82) is 0 Å². The van der Waals surface area contributed by atoms with Crippen molar-refractivity contribution >= 4 is 11.8 Å². The normalized spacial score (nSPS) is 17.4. The Kier molecular flexibility index (Phi) is 7.54. The van der Waals surface area contributed by atoms with Gasteiger partial charge in [0.25, 0.3) is 5.91 Å². The summed E-state index contributed by atoms with van der Waals surface area (Å²) in [7, 11) is 0. The number of hydrogen-bond acceptors (Lipinski definition) is 5. The van der Waals surface area contributed by atoms with Crippen LogP contribution in [0.25, 0.3) is 0 Å². The molecule has 3 aromatic rings. The van der Waals surface area contributed by atoms with Gasteiger partial charge in [0.1, 0.15) is 28.7 Å². The molecule has 1 aromatic heterocycles. The molecule has 0 atom stereocenters. The third-order valence-corrected chi connectivity index (χ3v) is 5.97. The molecule has 0 saturated heterocycles. The van der Waals surface area contributed by atoms with Gasteiger partial charge in [0.15, 0.2) is 0 Å². The van der Waals surface area contributed by atoms with Crippen molar-refractivity contribution in [1.82, 2.24) is 15.6 Å². The molecule has 35 heavy (non-hydrogen) atoms. The summed E-state index contributed by atoms with van der Waals surface area (Å²) in [6.45, 7) is 0.0411. The van der Waals surface area contributed by atoms with E-state index in [2.05, 4.69) is 15.6 Å². The molecule has 4 rings (SSSR count). The van der Waals surface area contributed by atoms with Crippen molar-refractivity contribution < 1.29 is 28.2 Å². The molecule has 0 aliphatic heterocycles. The van der Waals surface area contributed by atoms with Gasteiger partial charge in [-0.05, 0) is 68.1 Å². The largest absolute Gasteiger partial charge is 0.508 e. The number of aromatic nitrogens is 1. The molecule has 1 saturated carbocycles. The molecule has 182 valence electrons. The van der Waals surface area contributed by atoms with Crippen LogP contribution in [-0.4, -0.2) is 27.9 Å². The molecule has 7 nitrogen and oxygen atoms in total. The quantitative estimate of drug-likeness (QED) is 0.463. The molecule has 1 aliphatic rings. The molecule has 1 aliphatic carbocycles. The van der Waals surface area contributed by atoms with Crippen LogP contribution in [0.5, 0.6) is 17.4 Å². The Hall–Kier alpha value is -4.01. The summed E-state index contributed by atoms with van der Waals surface area (Å²) in [5, 5.41) is 15.0. The Morgan fingerprint density at radius 1 is 1.03 bits per heavy atom. The van der Waals surface area contributed by atoms with Gasteiger partial charge in [-0.1, -0.05) is 6.07 Å². The van der Waals surface area contributed by atoms with Gasteiger partial charge in [0.05, 0.1) is 0 Å². The first-order valence-electron chi connectivity index (χ1n) is 11.3. The number of benzene rings is 2. The maximum absolute atomic E-state index is 13.8. The van der Waals surface area contributed by atoms with E-state index in [0.29, 0.717) is 37.0 Å². The number of nitrogens with zero attached hydrogens (tertiary/aromatic N) is 1. The summed E-state index contributed by atoms with van der Waals surface area (Å²) in [5.41, 5.74) is 0.555. The molecular weight excluding hydrogens is 456 g/mol. The number of phenols is 1. The molecule has 1 fully saturated rings. The molecule has 2 amide bonds. The maximum atomic E-state index is 13.8. The van der Waals surface area contributed by atoms with Crippen LogP contribution < -0.4 is 15.4 Å². The molecule has 3 N–H and O–H groups in total. The number of aromatic hydroxyl groups is 1. The average molecular weight is 481 g/mol. The summed E-state index contributed by atoms with van der Waals surface area (Å²) in [4.78, 5) is 29.5. The minimum absolute atomic E-state index is 0.0411. The predicted molar refractivity (Wildman–Crippen MR) is 124 cm³/mol. The topological polar surface area (TPSA) is 101 Å². The summed E-state index contributed by atoms with van der Waals surface area (Å²) in [5.74, 6) is -1.39. The number of pyridine rings is 1. The lowest BCUT2D eigenvalue weighted by molar-refractivity contribution is -0.126. The first kappa shape index (κ1) is 24.1. The average Bonchev–Trinajstić information content (AvgIpc) is 2.85. The Balaban J connectivity index is 1.28. The minimum Gasteiger partial charge on any atom is -0.508 e. The molecule has 2 aromatic carbocycles. The monoisotopic (exact) mass is 481 g/mol. The van der Waals surface area contributed by atoms with E-state index in [1.54, 1.807) is 12.1 Å². The molecule has 9 heteroatoms. The van der Waals surface area contributed by atoms with Gasteiger partial charge in [-0.3, -0.25) is 9.59 Å². The second-order valence-corrected chi connectivity index (χ2v) is 8.43. The van der Waals surface area contributed by atoms with E-state index in [-0.39, 0.29) is 47.5 Å². The van der Waals surface area contributed by atoms with E-state index in [4.69, 9.17) is 4.74 Å². The second-order valence-electron chi connectivity index (χ2n) is 8.43. The van der Waals surface area contributed by atoms with Gasteiger partial charge in [-0.15, -0.1) is 0 Å². The van der Waals surface area contributed by atoms with E-state index in [1.807, 2.05) is 0 Å². The van der Waals surface area contributed by atoms with Gasteiger partial charge in [-0.2, -0.15) is 0 Å². The summed E-state index contributed by atoms with van der Waals surface area (Å²) in [6, 6.07) is 12.4. The lowest BCUT2D eigenvalue weighted by atomic mass is 9.85. The fourth-order valence-electron chi connectivity index (χ4n) is 4.03. The number of amides is 2. The number of ether oxygens (including phenoxy) is 1. The highest BCUT2D eigenvalue weighted by Gasteiger charge is 2.28. The Morgan fingerprint density at radius 2 is 1.77 bits per heavy atom. The first-order chi connectivity index (χ1) is 16.9. The summed E-state index contributed by atoms with van der Waals surface area (Å²) in [6.07, 6.45) is 3.91. The molecule has 0 unspecified atom stereocenters. The van der Waals surface area contributed by atoms with Crippen molar-refractivity contribution in [3.8, 4) is 17.4 Å². The number of carbonyl (C=O) groups is 2. The molecular formula is C26H25F2N3O4. The van der Waals surface area contributed by atoms with E-state index >= 15 is 0 Å². The highest BCUT2D eigenvalue weighted by atomic mass is 19.1. The maximum Gasteiger partial charge on any atom is 0.257 e. The first-order valence-corrected chi connectivity index (χ1v) is 11.3.